The summed E-state index contributed by atoms with van der Waals surface area (Å²) in [5.41, 5.74) is -0.908. The number of benzene rings is 1. The third-order valence-corrected chi connectivity index (χ3v) is 3.29. The molecule has 1 aromatic rings. The monoisotopic (exact) mass is 271 g/mol. The third kappa shape index (κ3) is 3.96. The molecule has 1 aromatic carbocycles. The first-order valence-electron chi connectivity index (χ1n) is 6.44. The number of nitrogens with one attached hydrogen (secondary N) is 1. The van der Waals surface area contributed by atoms with Crippen LogP contribution in [0.25, 0.3) is 0 Å². The zero-order valence-electron chi connectivity index (χ0n) is 11.0. The Morgan fingerprint density at radius 1 is 1.47 bits per heavy atom. The maximum atomic E-state index is 13.6. The molecule has 0 saturated carbocycles. The SMILES string of the molecule is CC(O)(Cc1cccc(F)c1F)CC1COCCN1. The second-order valence-electron chi connectivity index (χ2n) is 5.32. The van der Waals surface area contributed by atoms with Crippen LogP contribution in [-0.4, -0.2) is 36.5 Å². The maximum Gasteiger partial charge on any atom is 0.162 e. The molecule has 1 heterocycles. The van der Waals surface area contributed by atoms with E-state index in [0.717, 1.165) is 12.6 Å². The van der Waals surface area contributed by atoms with E-state index in [2.05, 4.69) is 5.32 Å². The number of hydrogen-bond acceptors (Lipinski definition) is 3. The highest BCUT2D eigenvalue weighted by molar-refractivity contribution is 5.20. The van der Waals surface area contributed by atoms with Crippen LogP contribution in [0.1, 0.15) is 18.9 Å². The highest BCUT2D eigenvalue weighted by Crippen LogP contribution is 2.22. The van der Waals surface area contributed by atoms with Crippen molar-refractivity contribution >= 4 is 0 Å². The number of morpholine rings is 1. The number of ether oxygens (including phenoxy) is 1. The van der Waals surface area contributed by atoms with Crippen LogP contribution < -0.4 is 5.32 Å². The second-order valence-corrected chi connectivity index (χ2v) is 5.32. The van der Waals surface area contributed by atoms with E-state index in [9.17, 15) is 13.9 Å². The largest absolute Gasteiger partial charge is 0.390 e. The number of halogens is 2. The zero-order chi connectivity index (χ0) is 13.9. The van der Waals surface area contributed by atoms with Crippen molar-refractivity contribution in [2.75, 3.05) is 19.8 Å². The van der Waals surface area contributed by atoms with Gasteiger partial charge in [-0.05, 0) is 25.0 Å². The lowest BCUT2D eigenvalue weighted by molar-refractivity contribution is 0.00598. The van der Waals surface area contributed by atoms with Crippen molar-refractivity contribution in [3.8, 4) is 0 Å². The first-order valence-corrected chi connectivity index (χ1v) is 6.44. The molecule has 2 atom stereocenters. The Morgan fingerprint density at radius 3 is 2.95 bits per heavy atom. The molecule has 0 bridgehead atoms. The molecule has 2 N–H and O–H groups in total. The highest BCUT2D eigenvalue weighted by Gasteiger charge is 2.28. The zero-order valence-corrected chi connectivity index (χ0v) is 11.0. The van der Waals surface area contributed by atoms with Gasteiger partial charge in [0.15, 0.2) is 11.6 Å². The molecule has 3 nitrogen and oxygen atoms in total. The molecule has 5 heteroatoms. The highest BCUT2D eigenvalue weighted by atomic mass is 19.2. The van der Waals surface area contributed by atoms with Crippen LogP contribution in [0.3, 0.4) is 0 Å². The Hall–Kier alpha value is -1.04. The molecule has 106 valence electrons. The van der Waals surface area contributed by atoms with E-state index in [4.69, 9.17) is 4.74 Å². The van der Waals surface area contributed by atoms with Crippen molar-refractivity contribution in [3.05, 3.63) is 35.4 Å². The van der Waals surface area contributed by atoms with E-state index >= 15 is 0 Å². The van der Waals surface area contributed by atoms with Gasteiger partial charge in [-0.15, -0.1) is 0 Å². The normalized spacial score (nSPS) is 23.1. The first kappa shape index (κ1) is 14.4. The van der Waals surface area contributed by atoms with E-state index in [1.807, 2.05) is 0 Å². The van der Waals surface area contributed by atoms with Gasteiger partial charge in [0.1, 0.15) is 0 Å². The summed E-state index contributed by atoms with van der Waals surface area (Å²) < 4.78 is 32.0. The van der Waals surface area contributed by atoms with E-state index < -0.39 is 17.2 Å². The molecule has 2 unspecified atom stereocenters. The van der Waals surface area contributed by atoms with Gasteiger partial charge in [0.05, 0.1) is 18.8 Å². The van der Waals surface area contributed by atoms with Gasteiger partial charge in [-0.1, -0.05) is 12.1 Å². The van der Waals surface area contributed by atoms with Crippen molar-refractivity contribution in [2.45, 2.75) is 31.4 Å². The molecule has 1 aliphatic rings. The number of hydrogen-bond donors (Lipinski definition) is 2. The van der Waals surface area contributed by atoms with Gasteiger partial charge < -0.3 is 15.2 Å². The van der Waals surface area contributed by atoms with Crippen LogP contribution in [-0.2, 0) is 11.2 Å². The van der Waals surface area contributed by atoms with Gasteiger partial charge in [0.2, 0.25) is 0 Å². The Bertz CT molecular complexity index is 431. The molecular weight excluding hydrogens is 252 g/mol. The van der Waals surface area contributed by atoms with E-state index in [0.29, 0.717) is 19.6 Å². The Morgan fingerprint density at radius 2 is 2.26 bits per heavy atom. The fourth-order valence-electron chi connectivity index (χ4n) is 2.45. The summed E-state index contributed by atoms with van der Waals surface area (Å²) in [7, 11) is 0. The molecule has 1 saturated heterocycles. The summed E-state index contributed by atoms with van der Waals surface area (Å²) in [6.07, 6.45) is 0.512. The lowest BCUT2D eigenvalue weighted by Gasteiger charge is -2.31. The smallest absolute Gasteiger partial charge is 0.162 e. The van der Waals surface area contributed by atoms with Gasteiger partial charge in [0.25, 0.3) is 0 Å². The molecule has 0 amide bonds. The molecule has 1 fully saturated rings. The van der Waals surface area contributed by atoms with Crippen molar-refractivity contribution in [3.63, 3.8) is 0 Å². The van der Waals surface area contributed by atoms with Gasteiger partial charge in [-0.25, -0.2) is 8.78 Å². The predicted octanol–water partition coefficient (Wildman–Crippen LogP) is 1.64. The standard InChI is InChI=1S/C14H19F2NO2/c1-14(18,8-11-9-19-6-5-17-11)7-10-3-2-4-12(15)13(10)16/h2-4,11,17-18H,5-9H2,1H3. The maximum absolute atomic E-state index is 13.6. The van der Waals surface area contributed by atoms with E-state index in [1.165, 1.54) is 12.1 Å². The molecule has 19 heavy (non-hydrogen) atoms. The Kier molecular flexibility index (Phi) is 4.50. The average Bonchev–Trinajstić information content (AvgIpc) is 2.35. The predicted molar refractivity (Wildman–Crippen MR) is 67.9 cm³/mol. The molecule has 1 aliphatic heterocycles. The summed E-state index contributed by atoms with van der Waals surface area (Å²) >= 11 is 0. The Balaban J connectivity index is 2.01. The minimum atomic E-state index is -1.10. The minimum absolute atomic E-state index is 0.0420. The summed E-state index contributed by atoms with van der Waals surface area (Å²) in [5.74, 6) is -1.76. The van der Waals surface area contributed by atoms with Crippen LogP contribution in [0.5, 0.6) is 0 Å². The summed E-state index contributed by atoms with van der Waals surface area (Å²) in [4.78, 5) is 0. The number of aliphatic hydroxyl groups is 1. The van der Waals surface area contributed by atoms with E-state index in [-0.39, 0.29) is 18.0 Å². The van der Waals surface area contributed by atoms with Crippen molar-refractivity contribution in [2.24, 2.45) is 0 Å². The van der Waals surface area contributed by atoms with Crippen molar-refractivity contribution in [1.29, 1.82) is 0 Å². The molecule has 2 rings (SSSR count). The van der Waals surface area contributed by atoms with Crippen LogP contribution >= 0.6 is 0 Å². The summed E-state index contributed by atoms with van der Waals surface area (Å²) in [6, 6.07) is 4.06. The lowest BCUT2D eigenvalue weighted by atomic mass is 9.89. The third-order valence-electron chi connectivity index (χ3n) is 3.29. The average molecular weight is 271 g/mol. The van der Waals surface area contributed by atoms with Gasteiger partial charge in [0, 0.05) is 19.0 Å². The van der Waals surface area contributed by atoms with Crippen LogP contribution in [0.2, 0.25) is 0 Å². The fraction of sp³-hybridized carbons (Fsp3) is 0.571. The van der Waals surface area contributed by atoms with Crippen LogP contribution in [0, 0.1) is 11.6 Å². The molecule has 0 aliphatic carbocycles. The van der Waals surface area contributed by atoms with Crippen molar-refractivity contribution in [1.82, 2.24) is 5.32 Å². The molecule has 0 spiro atoms. The quantitative estimate of drug-likeness (QED) is 0.874. The van der Waals surface area contributed by atoms with E-state index in [1.54, 1.807) is 6.92 Å². The van der Waals surface area contributed by atoms with Crippen molar-refractivity contribution < 1.29 is 18.6 Å². The molecule has 0 radical (unpaired) electrons. The summed E-state index contributed by atoms with van der Waals surface area (Å²) in [5, 5.41) is 13.6. The molecule has 0 aromatic heterocycles. The topological polar surface area (TPSA) is 41.5 Å². The minimum Gasteiger partial charge on any atom is -0.390 e. The molecular formula is C14H19F2NO2. The second kappa shape index (κ2) is 5.94. The van der Waals surface area contributed by atoms with Gasteiger partial charge >= 0.3 is 0 Å². The van der Waals surface area contributed by atoms with Gasteiger partial charge in [-0.3, -0.25) is 0 Å². The number of rotatable bonds is 4. The van der Waals surface area contributed by atoms with Gasteiger partial charge in [-0.2, -0.15) is 0 Å². The summed E-state index contributed by atoms with van der Waals surface area (Å²) in [6.45, 7) is 3.57. The Labute approximate surface area is 111 Å². The first-order chi connectivity index (χ1) is 8.98. The fourth-order valence-corrected chi connectivity index (χ4v) is 2.45. The lowest BCUT2D eigenvalue weighted by Crippen LogP contribution is -2.46. The van der Waals surface area contributed by atoms with Crippen LogP contribution in [0.15, 0.2) is 18.2 Å². The van der Waals surface area contributed by atoms with Crippen LogP contribution in [0.4, 0.5) is 8.78 Å².